The first-order valence-electron chi connectivity index (χ1n) is 6.57. The maximum absolute atomic E-state index is 6.22. The van der Waals surface area contributed by atoms with E-state index in [1.54, 1.807) is 0 Å². The number of nitrogens with one attached hydrogen (secondary N) is 1. The van der Waals surface area contributed by atoms with E-state index >= 15 is 0 Å². The molecule has 1 rings (SSSR count). The van der Waals surface area contributed by atoms with Crippen molar-refractivity contribution in [3.8, 4) is 0 Å². The molecule has 2 heteroatoms. The number of rotatable bonds is 5. The van der Waals surface area contributed by atoms with E-state index in [2.05, 4.69) is 39.9 Å². The van der Waals surface area contributed by atoms with Crippen LogP contribution in [-0.2, 0) is 4.74 Å². The van der Waals surface area contributed by atoms with E-state index in [-0.39, 0.29) is 11.8 Å². The van der Waals surface area contributed by atoms with E-state index in [1.165, 1.54) is 6.42 Å². The first-order chi connectivity index (χ1) is 7.13. The molecule has 0 aromatic heterocycles. The summed E-state index contributed by atoms with van der Waals surface area (Å²) in [5, 5.41) is 3.66. The highest BCUT2D eigenvalue weighted by Gasteiger charge is 2.46. The summed E-state index contributed by atoms with van der Waals surface area (Å²) in [5.41, 5.74) is 0.0795. The van der Waals surface area contributed by atoms with Crippen LogP contribution in [0.3, 0.4) is 0 Å². The molecule has 0 saturated carbocycles. The van der Waals surface area contributed by atoms with Gasteiger partial charge in [-0.15, -0.1) is 0 Å². The lowest BCUT2D eigenvalue weighted by atomic mass is 9.81. The summed E-state index contributed by atoms with van der Waals surface area (Å²) in [7, 11) is 0. The smallest absolute Gasteiger partial charge is 0.109 e. The Morgan fingerprint density at radius 3 is 2.20 bits per heavy atom. The van der Waals surface area contributed by atoms with Crippen molar-refractivity contribution in [2.45, 2.75) is 78.2 Å². The van der Waals surface area contributed by atoms with Gasteiger partial charge in [-0.3, -0.25) is 5.32 Å². The molecular weight excluding hydrogens is 186 g/mol. The van der Waals surface area contributed by atoms with Crippen LogP contribution in [0.15, 0.2) is 0 Å². The molecule has 0 radical (unpaired) electrons. The summed E-state index contributed by atoms with van der Waals surface area (Å²) in [5.74, 6) is 0.696. The van der Waals surface area contributed by atoms with Crippen molar-refractivity contribution in [3.63, 3.8) is 0 Å². The third-order valence-corrected chi connectivity index (χ3v) is 4.09. The minimum absolute atomic E-state index is 0.0795. The van der Waals surface area contributed by atoms with E-state index in [1.807, 2.05) is 0 Å². The standard InChI is InChI=1S/C13H27NO/c1-6-10(5)12-13(8-3,9-4)15-11(7-2)14-12/h10-12,14H,6-9H2,1-5H3/t10?,11-,12+/m1/s1. The second-order valence-electron chi connectivity index (χ2n) is 4.82. The predicted molar refractivity (Wildman–Crippen MR) is 64.9 cm³/mol. The molecule has 0 spiro atoms. The van der Waals surface area contributed by atoms with Gasteiger partial charge in [0, 0.05) is 6.04 Å². The summed E-state index contributed by atoms with van der Waals surface area (Å²) in [6.07, 6.45) is 4.78. The SMILES string of the molecule is CCC(C)[C@@H]1N[C@@H](CC)OC1(CC)CC. The summed E-state index contributed by atoms with van der Waals surface area (Å²) in [6, 6.07) is 0.530. The monoisotopic (exact) mass is 213 g/mol. The average molecular weight is 213 g/mol. The summed E-state index contributed by atoms with van der Waals surface area (Å²) in [4.78, 5) is 0. The molecule has 0 aromatic carbocycles. The van der Waals surface area contributed by atoms with E-state index in [9.17, 15) is 0 Å². The lowest BCUT2D eigenvalue weighted by Gasteiger charge is -2.35. The van der Waals surface area contributed by atoms with Gasteiger partial charge in [-0.1, -0.05) is 41.0 Å². The highest BCUT2D eigenvalue weighted by Crippen LogP contribution is 2.36. The molecule has 1 aliphatic heterocycles. The largest absolute Gasteiger partial charge is 0.355 e. The van der Waals surface area contributed by atoms with Crippen molar-refractivity contribution in [1.82, 2.24) is 5.32 Å². The van der Waals surface area contributed by atoms with Crippen molar-refractivity contribution in [3.05, 3.63) is 0 Å². The second kappa shape index (κ2) is 5.31. The highest BCUT2D eigenvalue weighted by atomic mass is 16.5. The maximum Gasteiger partial charge on any atom is 0.109 e. The van der Waals surface area contributed by atoms with E-state index < -0.39 is 0 Å². The van der Waals surface area contributed by atoms with Crippen LogP contribution in [-0.4, -0.2) is 17.9 Å². The van der Waals surface area contributed by atoms with Crippen LogP contribution >= 0.6 is 0 Å². The van der Waals surface area contributed by atoms with Gasteiger partial charge in [0.2, 0.25) is 0 Å². The fourth-order valence-electron chi connectivity index (χ4n) is 2.72. The Hall–Kier alpha value is -0.0800. The van der Waals surface area contributed by atoms with Gasteiger partial charge in [0.1, 0.15) is 6.23 Å². The van der Waals surface area contributed by atoms with E-state index in [0.29, 0.717) is 12.0 Å². The molecule has 0 amide bonds. The van der Waals surface area contributed by atoms with Crippen LogP contribution in [0, 0.1) is 5.92 Å². The zero-order valence-corrected chi connectivity index (χ0v) is 11.0. The molecule has 90 valence electrons. The predicted octanol–water partition coefficient (Wildman–Crippen LogP) is 3.32. The van der Waals surface area contributed by atoms with E-state index in [4.69, 9.17) is 4.74 Å². The van der Waals surface area contributed by atoms with Gasteiger partial charge in [0.15, 0.2) is 0 Å². The number of hydrogen-bond acceptors (Lipinski definition) is 2. The van der Waals surface area contributed by atoms with Crippen molar-refractivity contribution >= 4 is 0 Å². The molecular formula is C13H27NO. The summed E-state index contributed by atoms with van der Waals surface area (Å²) >= 11 is 0. The molecule has 1 heterocycles. The van der Waals surface area contributed by atoms with Crippen LogP contribution in [0.4, 0.5) is 0 Å². The van der Waals surface area contributed by atoms with Crippen LogP contribution in [0.1, 0.15) is 60.3 Å². The molecule has 15 heavy (non-hydrogen) atoms. The third kappa shape index (κ3) is 2.36. The quantitative estimate of drug-likeness (QED) is 0.756. The molecule has 1 aliphatic rings. The van der Waals surface area contributed by atoms with Crippen molar-refractivity contribution in [2.24, 2.45) is 5.92 Å². The minimum atomic E-state index is 0.0795. The molecule has 0 bridgehead atoms. The topological polar surface area (TPSA) is 21.3 Å². The molecule has 1 N–H and O–H groups in total. The number of hydrogen-bond donors (Lipinski definition) is 1. The lowest BCUT2D eigenvalue weighted by Crippen LogP contribution is -2.47. The molecule has 0 aromatic rings. The van der Waals surface area contributed by atoms with Gasteiger partial charge in [0.05, 0.1) is 5.60 Å². The molecule has 3 atom stereocenters. The number of ether oxygens (including phenoxy) is 1. The molecule has 1 saturated heterocycles. The molecule has 1 unspecified atom stereocenters. The van der Waals surface area contributed by atoms with Crippen LogP contribution < -0.4 is 5.32 Å². The van der Waals surface area contributed by atoms with Gasteiger partial charge >= 0.3 is 0 Å². The summed E-state index contributed by atoms with van der Waals surface area (Å²) in [6.45, 7) is 11.3. The van der Waals surface area contributed by atoms with Crippen molar-refractivity contribution in [1.29, 1.82) is 0 Å². The van der Waals surface area contributed by atoms with Gasteiger partial charge in [-0.25, -0.2) is 0 Å². The normalized spacial score (nSPS) is 31.8. The highest BCUT2D eigenvalue weighted by molar-refractivity contribution is 4.99. The van der Waals surface area contributed by atoms with E-state index in [0.717, 1.165) is 19.3 Å². The van der Waals surface area contributed by atoms with Gasteiger partial charge in [0.25, 0.3) is 0 Å². The zero-order chi connectivity index (χ0) is 11.5. The first-order valence-corrected chi connectivity index (χ1v) is 6.57. The second-order valence-corrected chi connectivity index (χ2v) is 4.82. The van der Waals surface area contributed by atoms with Gasteiger partial charge in [-0.2, -0.15) is 0 Å². The Kier molecular flexibility index (Phi) is 4.60. The fourth-order valence-corrected chi connectivity index (χ4v) is 2.72. The minimum Gasteiger partial charge on any atom is -0.355 e. The molecule has 2 nitrogen and oxygen atoms in total. The van der Waals surface area contributed by atoms with Crippen molar-refractivity contribution < 1.29 is 4.74 Å². The molecule has 0 aliphatic carbocycles. The van der Waals surface area contributed by atoms with Crippen LogP contribution in [0.2, 0.25) is 0 Å². The Balaban J connectivity index is 2.81. The fraction of sp³-hybridized carbons (Fsp3) is 1.00. The van der Waals surface area contributed by atoms with Gasteiger partial charge in [-0.05, 0) is 25.2 Å². The average Bonchev–Trinajstić information content (AvgIpc) is 2.67. The van der Waals surface area contributed by atoms with Crippen molar-refractivity contribution in [2.75, 3.05) is 0 Å². The van der Waals surface area contributed by atoms with Crippen LogP contribution in [0.5, 0.6) is 0 Å². The Bertz CT molecular complexity index is 189. The Morgan fingerprint density at radius 2 is 1.80 bits per heavy atom. The lowest BCUT2D eigenvalue weighted by molar-refractivity contribution is -0.0594. The molecule has 1 fully saturated rings. The van der Waals surface area contributed by atoms with Gasteiger partial charge < -0.3 is 4.74 Å². The summed E-state index contributed by atoms with van der Waals surface area (Å²) < 4.78 is 6.22. The Labute approximate surface area is 94.8 Å². The zero-order valence-electron chi connectivity index (χ0n) is 11.0. The maximum atomic E-state index is 6.22. The first kappa shape index (κ1) is 13.0. The Morgan fingerprint density at radius 1 is 1.20 bits per heavy atom. The van der Waals surface area contributed by atoms with Crippen LogP contribution in [0.25, 0.3) is 0 Å². The third-order valence-electron chi connectivity index (χ3n) is 4.09.